The van der Waals surface area contributed by atoms with Gasteiger partial charge >= 0.3 is 0 Å². The lowest BCUT2D eigenvalue weighted by Gasteiger charge is -2.35. The van der Waals surface area contributed by atoms with Gasteiger partial charge in [0.1, 0.15) is 0 Å². The molecule has 0 unspecified atom stereocenters. The Balaban J connectivity index is 1.64. The highest BCUT2D eigenvalue weighted by molar-refractivity contribution is 4.92. The molecule has 1 aliphatic heterocycles. The second-order valence-electron chi connectivity index (χ2n) is 7.80. The molecule has 0 radical (unpaired) electrons. The first-order valence-electron chi connectivity index (χ1n) is 9.36. The molecular weight excluding hydrogens is 286 g/mol. The van der Waals surface area contributed by atoms with Gasteiger partial charge in [-0.25, -0.2) is 0 Å². The van der Waals surface area contributed by atoms with Gasteiger partial charge in [-0.3, -0.25) is 9.58 Å². The number of aryl methyl sites for hydroxylation is 1. The molecule has 5 heteroatoms. The molecule has 0 atom stereocenters. The number of rotatable bonds is 9. The van der Waals surface area contributed by atoms with E-state index < -0.39 is 0 Å². The summed E-state index contributed by atoms with van der Waals surface area (Å²) in [5, 5.41) is 8.59. The number of hydrogen-bond acceptors (Lipinski definition) is 4. The van der Waals surface area contributed by atoms with Gasteiger partial charge in [0, 0.05) is 45.5 Å². The van der Waals surface area contributed by atoms with E-state index in [0.29, 0.717) is 0 Å². The van der Waals surface area contributed by atoms with Crippen LogP contribution in [0.1, 0.15) is 46.2 Å². The van der Waals surface area contributed by atoms with Crippen LogP contribution in [0, 0.1) is 11.8 Å². The zero-order valence-electron chi connectivity index (χ0n) is 15.5. The van der Waals surface area contributed by atoms with E-state index in [0.717, 1.165) is 37.0 Å². The fraction of sp³-hybridized carbons (Fsp3) is 0.889. The van der Waals surface area contributed by atoms with Gasteiger partial charge in [-0.1, -0.05) is 39.3 Å². The summed E-state index contributed by atoms with van der Waals surface area (Å²) >= 11 is 0. The molecule has 5 nitrogen and oxygen atoms in total. The maximum absolute atomic E-state index is 4.31. The predicted octanol–water partition coefficient (Wildman–Crippen LogP) is 2.53. The zero-order valence-corrected chi connectivity index (χ0v) is 15.5. The van der Waals surface area contributed by atoms with Crippen molar-refractivity contribution in [2.24, 2.45) is 11.8 Å². The Morgan fingerprint density at radius 1 is 0.957 bits per heavy atom. The van der Waals surface area contributed by atoms with Crippen molar-refractivity contribution < 1.29 is 0 Å². The molecule has 0 aromatic carbocycles. The first-order chi connectivity index (χ1) is 11.0. The van der Waals surface area contributed by atoms with Crippen LogP contribution in [0.2, 0.25) is 0 Å². The molecule has 0 aliphatic carbocycles. The van der Waals surface area contributed by atoms with Gasteiger partial charge in [0.05, 0.1) is 12.2 Å². The maximum Gasteiger partial charge on any atom is 0.0827 e. The van der Waals surface area contributed by atoms with Gasteiger partial charge in [-0.05, 0) is 24.7 Å². The summed E-state index contributed by atoms with van der Waals surface area (Å²) in [7, 11) is 0. The zero-order chi connectivity index (χ0) is 16.7. The second-order valence-corrected chi connectivity index (χ2v) is 7.80. The van der Waals surface area contributed by atoms with Crippen LogP contribution in [-0.4, -0.2) is 64.1 Å². The molecule has 2 heterocycles. The van der Waals surface area contributed by atoms with Gasteiger partial charge in [-0.15, -0.1) is 5.10 Å². The maximum atomic E-state index is 4.31. The van der Waals surface area contributed by atoms with E-state index in [9.17, 15) is 0 Å². The molecule has 0 amide bonds. The third kappa shape index (κ3) is 7.00. The molecule has 1 aliphatic rings. The van der Waals surface area contributed by atoms with Gasteiger partial charge in [0.2, 0.25) is 0 Å². The van der Waals surface area contributed by atoms with Crippen molar-refractivity contribution >= 4 is 0 Å². The summed E-state index contributed by atoms with van der Waals surface area (Å²) < 4.78 is 2.02. The van der Waals surface area contributed by atoms with Gasteiger partial charge in [-0.2, -0.15) is 0 Å². The Bertz CT molecular complexity index is 432. The largest absolute Gasteiger partial charge is 0.301 e. The van der Waals surface area contributed by atoms with Gasteiger partial charge in [0.15, 0.2) is 0 Å². The fourth-order valence-corrected chi connectivity index (χ4v) is 3.21. The molecule has 1 saturated heterocycles. The van der Waals surface area contributed by atoms with Crippen molar-refractivity contribution in [2.75, 3.05) is 39.3 Å². The Morgan fingerprint density at radius 2 is 1.65 bits per heavy atom. The monoisotopic (exact) mass is 321 g/mol. The van der Waals surface area contributed by atoms with Crippen LogP contribution in [-0.2, 0) is 13.0 Å². The number of nitrogens with zero attached hydrogens (tertiary/aromatic N) is 5. The third-order valence-electron chi connectivity index (χ3n) is 4.53. The Morgan fingerprint density at radius 3 is 2.30 bits per heavy atom. The van der Waals surface area contributed by atoms with Crippen LogP contribution in [0.3, 0.4) is 0 Å². The lowest BCUT2D eigenvalue weighted by molar-refractivity contribution is 0.118. The minimum atomic E-state index is 0.769. The standard InChI is InChI=1S/C18H35N5/c1-16(2)6-5-7-18-15-23(20-19-18)13-12-21-8-10-22(11-9-21)14-17(3)4/h15-17H,5-14H2,1-4H3. The average molecular weight is 322 g/mol. The lowest BCUT2D eigenvalue weighted by atomic mass is 10.1. The summed E-state index contributed by atoms with van der Waals surface area (Å²) in [6.45, 7) is 17.2. The van der Waals surface area contributed by atoms with Crippen molar-refractivity contribution in [3.63, 3.8) is 0 Å². The molecule has 23 heavy (non-hydrogen) atoms. The highest BCUT2D eigenvalue weighted by atomic mass is 15.4. The molecule has 0 N–H and O–H groups in total. The highest BCUT2D eigenvalue weighted by Crippen LogP contribution is 2.08. The summed E-state index contributed by atoms with van der Waals surface area (Å²) in [5.74, 6) is 1.55. The van der Waals surface area contributed by atoms with Crippen LogP contribution < -0.4 is 0 Å². The first-order valence-corrected chi connectivity index (χ1v) is 9.36. The van der Waals surface area contributed by atoms with Crippen molar-refractivity contribution in [3.05, 3.63) is 11.9 Å². The quantitative estimate of drug-likeness (QED) is 0.700. The smallest absolute Gasteiger partial charge is 0.0827 e. The van der Waals surface area contributed by atoms with E-state index in [1.807, 2.05) is 4.68 Å². The van der Waals surface area contributed by atoms with E-state index in [2.05, 4.69) is 54.0 Å². The number of piperazine rings is 1. The average Bonchev–Trinajstić information content (AvgIpc) is 2.93. The molecular formula is C18H35N5. The van der Waals surface area contributed by atoms with E-state index in [4.69, 9.17) is 0 Å². The predicted molar refractivity (Wildman–Crippen MR) is 95.5 cm³/mol. The molecule has 2 rings (SSSR count). The minimum Gasteiger partial charge on any atom is -0.301 e. The fourth-order valence-electron chi connectivity index (χ4n) is 3.21. The molecule has 0 spiro atoms. The second kappa shape index (κ2) is 9.38. The summed E-state index contributed by atoms with van der Waals surface area (Å²) in [6, 6.07) is 0. The van der Waals surface area contributed by atoms with Crippen LogP contribution in [0.4, 0.5) is 0 Å². The molecule has 132 valence electrons. The molecule has 0 saturated carbocycles. The molecule has 1 fully saturated rings. The summed E-state index contributed by atoms with van der Waals surface area (Å²) in [6.07, 6.45) is 5.68. The van der Waals surface area contributed by atoms with Crippen molar-refractivity contribution in [1.82, 2.24) is 24.8 Å². The SMILES string of the molecule is CC(C)CCCc1cn(CCN2CCN(CC(C)C)CC2)nn1. The van der Waals surface area contributed by atoms with Gasteiger partial charge < -0.3 is 4.90 Å². The highest BCUT2D eigenvalue weighted by Gasteiger charge is 2.17. The molecule has 1 aromatic rings. The van der Waals surface area contributed by atoms with Crippen molar-refractivity contribution in [1.29, 1.82) is 0 Å². The van der Waals surface area contributed by atoms with Crippen LogP contribution >= 0.6 is 0 Å². The molecule has 1 aromatic heterocycles. The third-order valence-corrected chi connectivity index (χ3v) is 4.53. The number of aromatic nitrogens is 3. The van der Waals surface area contributed by atoms with Crippen LogP contribution in [0.15, 0.2) is 6.20 Å². The number of hydrogen-bond donors (Lipinski definition) is 0. The van der Waals surface area contributed by atoms with Crippen molar-refractivity contribution in [3.8, 4) is 0 Å². The van der Waals surface area contributed by atoms with Crippen LogP contribution in [0.5, 0.6) is 0 Å². The summed E-state index contributed by atoms with van der Waals surface area (Å²) in [4.78, 5) is 5.14. The van der Waals surface area contributed by atoms with E-state index in [1.54, 1.807) is 0 Å². The van der Waals surface area contributed by atoms with E-state index >= 15 is 0 Å². The first kappa shape index (κ1) is 18.4. The van der Waals surface area contributed by atoms with E-state index in [1.165, 1.54) is 45.6 Å². The Labute approximate surface area is 142 Å². The topological polar surface area (TPSA) is 37.2 Å². The van der Waals surface area contributed by atoms with Gasteiger partial charge in [0.25, 0.3) is 0 Å². The molecule has 0 bridgehead atoms. The van der Waals surface area contributed by atoms with Crippen LogP contribution in [0.25, 0.3) is 0 Å². The minimum absolute atomic E-state index is 0.769. The summed E-state index contributed by atoms with van der Waals surface area (Å²) in [5.41, 5.74) is 1.15. The van der Waals surface area contributed by atoms with Crippen molar-refractivity contribution in [2.45, 2.75) is 53.5 Å². The normalized spacial score (nSPS) is 17.5. The lowest BCUT2D eigenvalue weighted by Crippen LogP contribution is -2.48. The van der Waals surface area contributed by atoms with E-state index in [-0.39, 0.29) is 0 Å². The Hall–Kier alpha value is -0.940. The Kier molecular flexibility index (Phi) is 7.50.